The third-order valence-corrected chi connectivity index (χ3v) is 7.48. The lowest BCUT2D eigenvalue weighted by Gasteiger charge is -2.41. The normalized spacial score (nSPS) is 44.1. The van der Waals surface area contributed by atoms with Gasteiger partial charge in [0.25, 0.3) is 0 Å². The molecule has 0 bridgehead atoms. The largest absolute Gasteiger partial charge is 0.332 e. The van der Waals surface area contributed by atoms with E-state index in [1.54, 1.807) is 14.2 Å². The first-order valence-electron chi connectivity index (χ1n) is 8.18. The molecule has 2 spiro atoms. The summed E-state index contributed by atoms with van der Waals surface area (Å²) < 4.78 is 51.5. The fourth-order valence-electron chi connectivity index (χ4n) is 2.39. The fourth-order valence-corrected chi connectivity index (χ4v) is 6.16. The predicted molar refractivity (Wildman–Crippen MR) is 98.6 cm³/mol. The first-order valence-corrected chi connectivity index (χ1v) is 12.6. The molecule has 12 nitrogen and oxygen atoms in total. The van der Waals surface area contributed by atoms with Gasteiger partial charge in [-0.05, 0) is 0 Å². The van der Waals surface area contributed by atoms with Crippen molar-refractivity contribution >= 4 is 34.4 Å². The SMILES string of the molecule is COP1OCC2(CO1)COP(OC)OC2.OP1OCC2(CO1)COP(O)OC2. The van der Waals surface area contributed by atoms with Crippen molar-refractivity contribution < 1.29 is 55.0 Å². The van der Waals surface area contributed by atoms with Gasteiger partial charge in [-0.15, -0.1) is 0 Å². The number of hydrogen-bond acceptors (Lipinski definition) is 12. The van der Waals surface area contributed by atoms with Crippen LogP contribution in [0, 0.1) is 10.8 Å². The van der Waals surface area contributed by atoms with Crippen molar-refractivity contribution in [3.63, 3.8) is 0 Å². The maximum Gasteiger partial charge on any atom is 0.332 e. The molecule has 16 heteroatoms. The lowest BCUT2D eigenvalue weighted by Crippen LogP contribution is -2.44. The summed E-state index contributed by atoms with van der Waals surface area (Å²) in [5, 5.41) is 0. The monoisotopic (exact) mass is 484 g/mol. The Kier molecular flexibility index (Phi) is 9.56. The van der Waals surface area contributed by atoms with Crippen molar-refractivity contribution in [2.45, 2.75) is 0 Å². The Morgan fingerprint density at radius 1 is 0.536 bits per heavy atom. The molecule has 164 valence electrons. The quantitative estimate of drug-likeness (QED) is 0.558. The minimum atomic E-state index is -1.72. The van der Waals surface area contributed by atoms with Gasteiger partial charge in [0.05, 0.1) is 63.7 Å². The van der Waals surface area contributed by atoms with E-state index in [0.717, 1.165) is 0 Å². The second-order valence-electron chi connectivity index (χ2n) is 6.48. The first-order chi connectivity index (χ1) is 13.5. The highest BCUT2D eigenvalue weighted by molar-refractivity contribution is 7.42. The zero-order valence-corrected chi connectivity index (χ0v) is 19.0. The third kappa shape index (κ3) is 6.62. The van der Waals surface area contributed by atoms with Crippen LogP contribution in [0.4, 0.5) is 0 Å². The van der Waals surface area contributed by atoms with E-state index in [2.05, 4.69) is 0 Å². The maximum atomic E-state index is 8.97. The Bertz CT molecular complexity index is 409. The summed E-state index contributed by atoms with van der Waals surface area (Å²) in [6, 6.07) is 0. The van der Waals surface area contributed by atoms with Crippen molar-refractivity contribution in [2.75, 3.05) is 67.1 Å². The van der Waals surface area contributed by atoms with E-state index in [0.29, 0.717) is 52.9 Å². The molecule has 4 aliphatic rings. The molecule has 0 aromatic heterocycles. The van der Waals surface area contributed by atoms with Gasteiger partial charge < -0.3 is 55.0 Å². The average Bonchev–Trinajstić information content (AvgIpc) is 2.74. The van der Waals surface area contributed by atoms with Crippen molar-refractivity contribution in [1.82, 2.24) is 0 Å². The number of rotatable bonds is 2. The van der Waals surface area contributed by atoms with Crippen LogP contribution in [0.1, 0.15) is 0 Å². The summed E-state index contributed by atoms with van der Waals surface area (Å²) in [5.41, 5.74) is -0.558. The summed E-state index contributed by atoms with van der Waals surface area (Å²) in [4.78, 5) is 17.9. The summed E-state index contributed by atoms with van der Waals surface area (Å²) in [5.74, 6) is 0. The smallest absolute Gasteiger partial charge is 0.328 e. The Morgan fingerprint density at radius 3 is 1.04 bits per heavy atom. The molecule has 4 rings (SSSR count). The molecule has 0 aromatic rings. The Morgan fingerprint density at radius 2 is 0.786 bits per heavy atom. The van der Waals surface area contributed by atoms with Crippen molar-refractivity contribution in [3.05, 3.63) is 0 Å². The number of hydrogen-bond donors (Lipinski definition) is 2. The molecule has 0 radical (unpaired) electrons. The standard InChI is InChI=1S/C7H14O6P2.C5H10O6P2/c1-8-14-10-3-7(4-11-14)5-12-15(9-2)13-6-7;6-12-8-1-5(2-9-12)3-10-13(7)11-4-5/h3-6H2,1-2H3;6-7H,1-4H2. The molecule has 28 heavy (non-hydrogen) atoms. The molecule has 4 heterocycles. The van der Waals surface area contributed by atoms with Gasteiger partial charge in [0, 0.05) is 14.2 Å². The summed E-state index contributed by atoms with van der Waals surface area (Å²) >= 11 is 0. The lowest BCUT2D eigenvalue weighted by molar-refractivity contribution is -0.0729. The molecule has 4 fully saturated rings. The summed E-state index contributed by atoms with van der Waals surface area (Å²) in [6.45, 7) is 3.55. The minimum Gasteiger partial charge on any atom is -0.328 e. The highest BCUT2D eigenvalue weighted by Crippen LogP contribution is 2.52. The molecular weight excluding hydrogens is 460 g/mol. The Balaban J connectivity index is 0.000000162. The van der Waals surface area contributed by atoms with E-state index in [1.807, 2.05) is 0 Å². The van der Waals surface area contributed by atoms with Crippen LogP contribution in [-0.2, 0) is 45.2 Å². The molecule has 4 saturated heterocycles. The molecule has 0 atom stereocenters. The molecule has 4 aliphatic heterocycles. The zero-order valence-electron chi connectivity index (χ0n) is 15.4. The van der Waals surface area contributed by atoms with Gasteiger partial charge >= 0.3 is 34.4 Å². The summed E-state index contributed by atoms with van der Waals surface area (Å²) in [6.07, 6.45) is 0. The lowest BCUT2D eigenvalue weighted by atomic mass is 9.93. The van der Waals surface area contributed by atoms with E-state index in [-0.39, 0.29) is 10.8 Å². The molecule has 0 aromatic carbocycles. The zero-order chi connectivity index (χ0) is 20.0. The molecule has 0 saturated carbocycles. The first kappa shape index (κ1) is 23.9. The van der Waals surface area contributed by atoms with E-state index in [9.17, 15) is 0 Å². The topological polar surface area (TPSA) is 133 Å². The average molecular weight is 484 g/mol. The highest BCUT2D eigenvalue weighted by atomic mass is 31.2. The molecular formula is C12H24O12P4. The van der Waals surface area contributed by atoms with Gasteiger partial charge in [-0.3, -0.25) is 0 Å². The van der Waals surface area contributed by atoms with Crippen LogP contribution in [0.15, 0.2) is 0 Å². The predicted octanol–water partition coefficient (Wildman–Crippen LogP) is 2.32. The van der Waals surface area contributed by atoms with Crippen LogP contribution in [0.2, 0.25) is 0 Å². The van der Waals surface area contributed by atoms with Gasteiger partial charge in [-0.25, -0.2) is 0 Å². The van der Waals surface area contributed by atoms with E-state index in [4.69, 9.17) is 55.0 Å². The molecule has 0 unspecified atom stereocenters. The van der Waals surface area contributed by atoms with Crippen LogP contribution in [0.3, 0.4) is 0 Å². The Hall–Kier alpha value is 1.24. The highest BCUT2D eigenvalue weighted by Gasteiger charge is 2.44. The minimum absolute atomic E-state index is 0.200. The summed E-state index contributed by atoms with van der Waals surface area (Å²) in [7, 11) is -2.65. The molecule has 2 N–H and O–H groups in total. The fraction of sp³-hybridized carbons (Fsp3) is 1.00. The van der Waals surface area contributed by atoms with Gasteiger partial charge in [0.1, 0.15) is 0 Å². The molecule has 0 aliphatic carbocycles. The second-order valence-corrected chi connectivity index (χ2v) is 11.1. The van der Waals surface area contributed by atoms with Crippen LogP contribution in [0.5, 0.6) is 0 Å². The van der Waals surface area contributed by atoms with Crippen LogP contribution < -0.4 is 0 Å². The van der Waals surface area contributed by atoms with Gasteiger partial charge in [-0.2, -0.15) is 0 Å². The second kappa shape index (κ2) is 11.2. The maximum absolute atomic E-state index is 8.97. The molecule has 0 amide bonds. The van der Waals surface area contributed by atoms with Crippen LogP contribution >= 0.6 is 34.4 Å². The van der Waals surface area contributed by atoms with E-state index < -0.39 is 34.4 Å². The van der Waals surface area contributed by atoms with Crippen LogP contribution in [0.25, 0.3) is 0 Å². The van der Waals surface area contributed by atoms with Crippen molar-refractivity contribution in [1.29, 1.82) is 0 Å². The van der Waals surface area contributed by atoms with Gasteiger partial charge in [0.2, 0.25) is 0 Å². The Labute approximate surface area is 167 Å². The van der Waals surface area contributed by atoms with Crippen LogP contribution in [-0.4, -0.2) is 76.9 Å². The van der Waals surface area contributed by atoms with Crippen molar-refractivity contribution in [3.8, 4) is 0 Å². The van der Waals surface area contributed by atoms with Gasteiger partial charge in [-0.1, -0.05) is 0 Å². The van der Waals surface area contributed by atoms with Crippen molar-refractivity contribution in [2.24, 2.45) is 10.8 Å². The van der Waals surface area contributed by atoms with E-state index >= 15 is 0 Å². The van der Waals surface area contributed by atoms with E-state index in [1.165, 1.54) is 0 Å². The van der Waals surface area contributed by atoms with Gasteiger partial charge in [0.15, 0.2) is 0 Å². The third-order valence-electron chi connectivity index (χ3n) is 4.13.